The SMILES string of the molecule is CN=C(NCc1ccc2c(c1)CCC2)N1CCOC(c2cnn(C)c2)C1.I. The van der Waals surface area contributed by atoms with E-state index in [0.717, 1.165) is 31.2 Å². The van der Waals surface area contributed by atoms with Crippen molar-refractivity contribution in [2.45, 2.75) is 31.9 Å². The van der Waals surface area contributed by atoms with E-state index in [1.54, 1.807) is 0 Å². The van der Waals surface area contributed by atoms with E-state index in [0.29, 0.717) is 6.61 Å². The van der Waals surface area contributed by atoms with Crippen LogP contribution in [0.25, 0.3) is 0 Å². The third kappa shape index (κ3) is 4.63. The molecule has 1 atom stereocenters. The van der Waals surface area contributed by atoms with Gasteiger partial charge in [0.15, 0.2) is 5.96 Å². The summed E-state index contributed by atoms with van der Waals surface area (Å²) in [5, 5.41) is 7.78. The summed E-state index contributed by atoms with van der Waals surface area (Å²) >= 11 is 0. The van der Waals surface area contributed by atoms with Crippen LogP contribution in [-0.2, 0) is 31.2 Å². The number of aryl methyl sites for hydroxylation is 3. The molecule has 0 amide bonds. The summed E-state index contributed by atoms with van der Waals surface area (Å²) in [7, 11) is 3.78. The molecular weight excluding hydrogens is 453 g/mol. The lowest BCUT2D eigenvalue weighted by Gasteiger charge is -2.34. The van der Waals surface area contributed by atoms with Gasteiger partial charge in [-0.3, -0.25) is 9.67 Å². The molecule has 0 spiro atoms. The second-order valence-electron chi connectivity index (χ2n) is 7.11. The van der Waals surface area contributed by atoms with Gasteiger partial charge in [-0.25, -0.2) is 0 Å². The molecule has 1 aliphatic carbocycles. The third-order valence-electron chi connectivity index (χ3n) is 5.29. The predicted octanol–water partition coefficient (Wildman–Crippen LogP) is 2.68. The monoisotopic (exact) mass is 481 g/mol. The van der Waals surface area contributed by atoms with Crippen molar-refractivity contribution in [3.05, 3.63) is 52.8 Å². The van der Waals surface area contributed by atoms with Gasteiger partial charge in [0.1, 0.15) is 6.10 Å². The first-order chi connectivity index (χ1) is 12.7. The molecule has 0 saturated carbocycles. The maximum absolute atomic E-state index is 5.94. The molecule has 1 aromatic carbocycles. The van der Waals surface area contributed by atoms with Crippen LogP contribution in [0.1, 0.15) is 34.8 Å². The summed E-state index contributed by atoms with van der Waals surface area (Å²) in [5.74, 6) is 0.933. The van der Waals surface area contributed by atoms with E-state index in [2.05, 4.69) is 38.5 Å². The summed E-state index contributed by atoms with van der Waals surface area (Å²) in [5.41, 5.74) is 5.48. The van der Waals surface area contributed by atoms with Gasteiger partial charge in [-0.15, -0.1) is 24.0 Å². The van der Waals surface area contributed by atoms with Gasteiger partial charge in [0.2, 0.25) is 0 Å². The fraction of sp³-hybridized carbons (Fsp3) is 0.500. The van der Waals surface area contributed by atoms with Crippen molar-refractivity contribution in [1.82, 2.24) is 20.0 Å². The Morgan fingerprint density at radius 3 is 2.96 bits per heavy atom. The normalized spacial score (nSPS) is 19.6. The topological polar surface area (TPSA) is 54.7 Å². The van der Waals surface area contributed by atoms with E-state index in [4.69, 9.17) is 4.74 Å². The molecule has 7 heteroatoms. The molecule has 2 aliphatic rings. The van der Waals surface area contributed by atoms with Crippen LogP contribution in [0.15, 0.2) is 35.6 Å². The van der Waals surface area contributed by atoms with E-state index < -0.39 is 0 Å². The molecule has 1 fully saturated rings. The minimum Gasteiger partial charge on any atom is -0.370 e. The Labute approximate surface area is 178 Å². The number of guanidine groups is 1. The third-order valence-corrected chi connectivity index (χ3v) is 5.29. The van der Waals surface area contributed by atoms with Gasteiger partial charge in [-0.05, 0) is 36.0 Å². The lowest BCUT2D eigenvalue weighted by Crippen LogP contribution is -2.47. The fourth-order valence-electron chi connectivity index (χ4n) is 3.90. The molecule has 146 valence electrons. The molecule has 2 aromatic rings. The Bertz CT molecular complexity index is 803. The second-order valence-corrected chi connectivity index (χ2v) is 7.11. The van der Waals surface area contributed by atoms with Gasteiger partial charge in [-0.2, -0.15) is 5.10 Å². The first kappa shape index (κ1) is 20.1. The number of rotatable bonds is 3. The molecule has 1 aromatic heterocycles. The predicted molar refractivity (Wildman–Crippen MR) is 118 cm³/mol. The molecule has 2 heterocycles. The van der Waals surface area contributed by atoms with Crippen LogP contribution in [0, 0.1) is 0 Å². The van der Waals surface area contributed by atoms with Crippen molar-refractivity contribution in [3.63, 3.8) is 0 Å². The molecule has 1 N–H and O–H groups in total. The molecule has 4 rings (SSSR count). The number of ether oxygens (including phenoxy) is 1. The van der Waals surface area contributed by atoms with E-state index in [9.17, 15) is 0 Å². The summed E-state index contributed by atoms with van der Waals surface area (Å²) in [6, 6.07) is 6.87. The van der Waals surface area contributed by atoms with Crippen LogP contribution in [0.2, 0.25) is 0 Å². The first-order valence-electron chi connectivity index (χ1n) is 9.39. The Balaban J connectivity index is 0.00000210. The number of aliphatic imine (C=N–C) groups is 1. The number of nitrogens with one attached hydrogen (secondary N) is 1. The zero-order valence-corrected chi connectivity index (χ0v) is 18.3. The number of nitrogens with zero attached hydrogens (tertiary/aromatic N) is 4. The first-order valence-corrected chi connectivity index (χ1v) is 9.39. The van der Waals surface area contributed by atoms with Crippen molar-refractivity contribution in [3.8, 4) is 0 Å². The zero-order valence-electron chi connectivity index (χ0n) is 16.0. The molecule has 1 unspecified atom stereocenters. The number of hydrogen-bond donors (Lipinski definition) is 1. The number of hydrogen-bond acceptors (Lipinski definition) is 3. The van der Waals surface area contributed by atoms with E-state index in [1.165, 1.54) is 36.0 Å². The molecule has 0 bridgehead atoms. The number of benzene rings is 1. The Kier molecular flexibility index (Phi) is 6.75. The highest BCUT2D eigenvalue weighted by atomic mass is 127. The van der Waals surface area contributed by atoms with Crippen molar-refractivity contribution >= 4 is 29.9 Å². The highest BCUT2D eigenvalue weighted by Crippen LogP contribution is 2.23. The number of halogens is 1. The van der Waals surface area contributed by atoms with Crippen LogP contribution >= 0.6 is 24.0 Å². The maximum atomic E-state index is 5.94. The van der Waals surface area contributed by atoms with Crippen molar-refractivity contribution in [1.29, 1.82) is 0 Å². The summed E-state index contributed by atoms with van der Waals surface area (Å²) in [4.78, 5) is 6.76. The number of morpholine rings is 1. The Morgan fingerprint density at radius 1 is 1.33 bits per heavy atom. The summed E-state index contributed by atoms with van der Waals surface area (Å²) in [6.07, 6.45) is 7.68. The highest BCUT2D eigenvalue weighted by molar-refractivity contribution is 14.0. The van der Waals surface area contributed by atoms with Gasteiger partial charge < -0.3 is 15.0 Å². The Hall–Kier alpha value is -1.61. The average molecular weight is 481 g/mol. The second kappa shape index (κ2) is 9.05. The van der Waals surface area contributed by atoms with Gasteiger partial charge in [0, 0.05) is 38.9 Å². The molecule has 1 saturated heterocycles. The zero-order chi connectivity index (χ0) is 17.9. The Morgan fingerprint density at radius 2 is 2.19 bits per heavy atom. The lowest BCUT2D eigenvalue weighted by atomic mass is 10.1. The summed E-state index contributed by atoms with van der Waals surface area (Å²) in [6.45, 7) is 3.13. The fourth-order valence-corrected chi connectivity index (χ4v) is 3.90. The van der Waals surface area contributed by atoms with Crippen LogP contribution in [0.4, 0.5) is 0 Å². The van der Waals surface area contributed by atoms with Gasteiger partial charge in [0.25, 0.3) is 0 Å². The van der Waals surface area contributed by atoms with E-state index in [-0.39, 0.29) is 30.1 Å². The van der Waals surface area contributed by atoms with Crippen molar-refractivity contribution in [2.75, 3.05) is 26.7 Å². The quantitative estimate of drug-likeness (QED) is 0.416. The summed E-state index contributed by atoms with van der Waals surface area (Å²) < 4.78 is 7.76. The van der Waals surface area contributed by atoms with E-state index in [1.807, 2.05) is 31.2 Å². The molecule has 27 heavy (non-hydrogen) atoms. The number of aromatic nitrogens is 2. The van der Waals surface area contributed by atoms with Gasteiger partial charge in [-0.1, -0.05) is 18.2 Å². The smallest absolute Gasteiger partial charge is 0.194 e. The minimum atomic E-state index is 0. The standard InChI is InChI=1S/C20H27N5O.HI/c1-21-20(22-11-15-6-7-16-4-3-5-17(16)10-15)25-8-9-26-19(14-25)18-12-23-24(2)13-18;/h6-7,10,12-13,19H,3-5,8-9,11,14H2,1-2H3,(H,21,22);1H. The van der Waals surface area contributed by atoms with Crippen molar-refractivity contribution in [2.24, 2.45) is 12.0 Å². The van der Waals surface area contributed by atoms with Gasteiger partial charge >= 0.3 is 0 Å². The molecular formula is C20H28IN5O. The maximum Gasteiger partial charge on any atom is 0.194 e. The van der Waals surface area contributed by atoms with Crippen LogP contribution < -0.4 is 5.32 Å². The van der Waals surface area contributed by atoms with Crippen LogP contribution in [-0.4, -0.2) is 47.4 Å². The van der Waals surface area contributed by atoms with E-state index >= 15 is 0 Å². The largest absolute Gasteiger partial charge is 0.370 e. The minimum absolute atomic E-state index is 0. The number of fused-ring (bicyclic) bond motifs is 1. The molecule has 0 radical (unpaired) electrons. The van der Waals surface area contributed by atoms with Crippen LogP contribution in [0.3, 0.4) is 0 Å². The lowest BCUT2D eigenvalue weighted by molar-refractivity contribution is -0.00805. The molecule has 6 nitrogen and oxygen atoms in total. The molecule has 1 aliphatic heterocycles. The van der Waals surface area contributed by atoms with Crippen LogP contribution in [0.5, 0.6) is 0 Å². The highest BCUT2D eigenvalue weighted by Gasteiger charge is 2.25. The average Bonchev–Trinajstić information content (AvgIpc) is 3.31. The van der Waals surface area contributed by atoms with Gasteiger partial charge in [0.05, 0.1) is 19.3 Å². The van der Waals surface area contributed by atoms with Crippen molar-refractivity contribution < 1.29 is 4.74 Å².